The Hall–Kier alpha value is -2.82. The second-order valence-electron chi connectivity index (χ2n) is 4.85. The standard InChI is InChI=1S/C16H13N3O2/c1-9-7-10(2)19-16(18-9)17-8-13-14(20)11-5-3-4-6-12(11)15(13)21/h3-8,20H,1-2H3/b17-8+. The van der Waals surface area contributed by atoms with Crippen LogP contribution >= 0.6 is 0 Å². The van der Waals surface area contributed by atoms with Crippen LogP contribution < -0.4 is 0 Å². The number of fused-ring (bicyclic) bond motifs is 1. The van der Waals surface area contributed by atoms with Crippen molar-refractivity contribution < 1.29 is 9.90 Å². The zero-order valence-electron chi connectivity index (χ0n) is 11.7. The molecule has 0 spiro atoms. The maximum absolute atomic E-state index is 12.2. The van der Waals surface area contributed by atoms with Crippen LogP contribution in [0.2, 0.25) is 0 Å². The van der Waals surface area contributed by atoms with E-state index in [0.717, 1.165) is 11.4 Å². The molecule has 0 atom stereocenters. The van der Waals surface area contributed by atoms with Crippen LogP contribution in [0.25, 0.3) is 5.76 Å². The summed E-state index contributed by atoms with van der Waals surface area (Å²) in [5.41, 5.74) is 2.78. The van der Waals surface area contributed by atoms with Gasteiger partial charge >= 0.3 is 0 Å². The smallest absolute Gasteiger partial charge is 0.249 e. The molecule has 104 valence electrons. The highest BCUT2D eigenvalue weighted by Gasteiger charge is 2.27. The molecule has 1 N–H and O–H groups in total. The van der Waals surface area contributed by atoms with E-state index in [1.807, 2.05) is 19.9 Å². The van der Waals surface area contributed by atoms with Gasteiger partial charge in [0.25, 0.3) is 0 Å². The Bertz CT molecular complexity index is 787. The summed E-state index contributed by atoms with van der Waals surface area (Å²) in [6, 6.07) is 8.76. The number of hydrogen-bond acceptors (Lipinski definition) is 5. The van der Waals surface area contributed by atoms with E-state index in [-0.39, 0.29) is 23.1 Å². The van der Waals surface area contributed by atoms with Gasteiger partial charge in [0.1, 0.15) is 5.76 Å². The first-order valence-electron chi connectivity index (χ1n) is 6.50. The number of rotatable bonds is 2. The molecular weight excluding hydrogens is 266 g/mol. The molecule has 0 saturated heterocycles. The lowest BCUT2D eigenvalue weighted by Crippen LogP contribution is -2.00. The highest BCUT2D eigenvalue weighted by atomic mass is 16.3. The monoisotopic (exact) mass is 279 g/mol. The zero-order valence-corrected chi connectivity index (χ0v) is 11.7. The van der Waals surface area contributed by atoms with Crippen molar-refractivity contribution in [2.45, 2.75) is 13.8 Å². The van der Waals surface area contributed by atoms with Gasteiger partial charge in [0.15, 0.2) is 5.78 Å². The van der Waals surface area contributed by atoms with Crippen LogP contribution in [-0.2, 0) is 0 Å². The minimum absolute atomic E-state index is 0.0521. The summed E-state index contributed by atoms with van der Waals surface area (Å²) >= 11 is 0. The molecule has 0 unspecified atom stereocenters. The summed E-state index contributed by atoms with van der Waals surface area (Å²) in [5, 5.41) is 10.1. The van der Waals surface area contributed by atoms with E-state index in [1.54, 1.807) is 24.3 Å². The lowest BCUT2D eigenvalue weighted by molar-refractivity contribution is 0.104. The van der Waals surface area contributed by atoms with Crippen LogP contribution in [-0.4, -0.2) is 27.1 Å². The van der Waals surface area contributed by atoms with Crippen molar-refractivity contribution in [2.24, 2.45) is 4.99 Å². The summed E-state index contributed by atoms with van der Waals surface area (Å²) in [5.74, 6) is -0.0171. The number of aliphatic hydroxyl groups is 1. The molecule has 5 nitrogen and oxygen atoms in total. The second kappa shape index (κ2) is 4.94. The van der Waals surface area contributed by atoms with E-state index in [2.05, 4.69) is 15.0 Å². The third kappa shape index (κ3) is 2.33. The van der Waals surface area contributed by atoms with Crippen molar-refractivity contribution in [1.29, 1.82) is 0 Å². The van der Waals surface area contributed by atoms with Crippen LogP contribution in [0, 0.1) is 13.8 Å². The van der Waals surface area contributed by atoms with Gasteiger partial charge in [0, 0.05) is 28.7 Å². The molecule has 0 aliphatic heterocycles. The van der Waals surface area contributed by atoms with Crippen LogP contribution in [0.3, 0.4) is 0 Å². The highest BCUT2D eigenvalue weighted by molar-refractivity contribution is 6.30. The zero-order chi connectivity index (χ0) is 15.0. The van der Waals surface area contributed by atoms with Gasteiger partial charge in [0.05, 0.1) is 5.57 Å². The number of hydrogen-bond donors (Lipinski definition) is 1. The fourth-order valence-corrected chi connectivity index (χ4v) is 2.29. The summed E-state index contributed by atoms with van der Waals surface area (Å²) < 4.78 is 0. The van der Waals surface area contributed by atoms with Crippen LogP contribution in [0.4, 0.5) is 5.95 Å². The van der Waals surface area contributed by atoms with E-state index in [1.165, 1.54) is 6.21 Å². The van der Waals surface area contributed by atoms with Gasteiger partial charge in [-0.25, -0.2) is 15.0 Å². The predicted octanol–water partition coefficient (Wildman–Crippen LogP) is 2.96. The number of aryl methyl sites for hydroxylation is 2. The number of allylic oxidation sites excluding steroid dienone is 1. The lowest BCUT2D eigenvalue weighted by atomic mass is 10.1. The Balaban J connectivity index is 1.98. The Morgan fingerprint density at radius 1 is 1.10 bits per heavy atom. The minimum atomic E-state index is -0.240. The van der Waals surface area contributed by atoms with Crippen molar-refractivity contribution in [2.75, 3.05) is 0 Å². The largest absolute Gasteiger partial charge is 0.506 e. The van der Waals surface area contributed by atoms with Gasteiger partial charge < -0.3 is 5.11 Å². The van der Waals surface area contributed by atoms with Crippen LogP contribution in [0.15, 0.2) is 40.9 Å². The van der Waals surface area contributed by atoms with Crippen molar-refractivity contribution in [3.63, 3.8) is 0 Å². The number of carbonyl (C=O) groups excluding carboxylic acids is 1. The molecule has 2 aromatic rings. The quantitative estimate of drug-likeness (QED) is 0.857. The molecular formula is C16H13N3O2. The van der Waals surface area contributed by atoms with Gasteiger partial charge in [-0.05, 0) is 19.9 Å². The molecule has 0 amide bonds. The number of ketones is 1. The average Bonchev–Trinajstić information content (AvgIpc) is 2.69. The number of aliphatic hydroxyl groups excluding tert-OH is 1. The number of aliphatic imine (C=N–C) groups is 1. The molecule has 0 fully saturated rings. The first kappa shape index (κ1) is 13.2. The maximum Gasteiger partial charge on any atom is 0.249 e. The molecule has 0 bridgehead atoms. The Morgan fingerprint density at radius 2 is 1.71 bits per heavy atom. The lowest BCUT2D eigenvalue weighted by Gasteiger charge is -1.98. The van der Waals surface area contributed by atoms with Gasteiger partial charge in [-0.15, -0.1) is 0 Å². The molecule has 0 saturated carbocycles. The van der Waals surface area contributed by atoms with Crippen LogP contribution in [0.5, 0.6) is 0 Å². The predicted molar refractivity (Wildman–Crippen MR) is 80.0 cm³/mol. The first-order valence-corrected chi connectivity index (χ1v) is 6.50. The number of aromatic nitrogens is 2. The van der Waals surface area contributed by atoms with Gasteiger partial charge in [-0.1, -0.05) is 24.3 Å². The number of Topliss-reactive ketones (excluding diaryl/α,β-unsaturated/α-hetero) is 1. The summed E-state index contributed by atoms with van der Waals surface area (Å²) in [4.78, 5) is 24.7. The van der Waals surface area contributed by atoms with E-state index >= 15 is 0 Å². The summed E-state index contributed by atoms with van der Waals surface area (Å²) in [6.07, 6.45) is 1.33. The molecule has 1 aromatic heterocycles. The van der Waals surface area contributed by atoms with E-state index in [0.29, 0.717) is 11.1 Å². The van der Waals surface area contributed by atoms with Gasteiger partial charge in [0.2, 0.25) is 5.95 Å². The molecule has 1 aliphatic rings. The first-order chi connectivity index (χ1) is 10.1. The van der Waals surface area contributed by atoms with E-state index < -0.39 is 0 Å². The molecule has 21 heavy (non-hydrogen) atoms. The summed E-state index contributed by atoms with van der Waals surface area (Å²) in [7, 11) is 0. The van der Waals surface area contributed by atoms with Gasteiger partial charge in [-0.2, -0.15) is 0 Å². The SMILES string of the molecule is Cc1cc(C)nc(/N=C/C2=C(O)c3ccccc3C2=O)n1. The highest BCUT2D eigenvalue weighted by Crippen LogP contribution is 2.29. The normalized spacial score (nSPS) is 14.1. The topological polar surface area (TPSA) is 75.4 Å². The number of benzene rings is 1. The van der Waals surface area contributed by atoms with Crippen molar-refractivity contribution in [3.05, 3.63) is 58.4 Å². The fourth-order valence-electron chi connectivity index (χ4n) is 2.29. The third-order valence-electron chi connectivity index (χ3n) is 3.21. The van der Waals surface area contributed by atoms with Crippen molar-refractivity contribution >= 4 is 23.7 Å². The van der Waals surface area contributed by atoms with Crippen LogP contribution in [0.1, 0.15) is 27.3 Å². The Kier molecular flexibility index (Phi) is 3.10. The fraction of sp³-hybridized carbons (Fsp3) is 0.125. The Morgan fingerprint density at radius 3 is 2.33 bits per heavy atom. The molecule has 1 aliphatic carbocycles. The molecule has 3 rings (SSSR count). The third-order valence-corrected chi connectivity index (χ3v) is 3.21. The molecule has 1 aromatic carbocycles. The molecule has 0 radical (unpaired) electrons. The number of nitrogens with zero attached hydrogens (tertiary/aromatic N) is 3. The Labute approximate surface area is 121 Å². The van der Waals surface area contributed by atoms with E-state index in [4.69, 9.17) is 0 Å². The maximum atomic E-state index is 12.2. The van der Waals surface area contributed by atoms with Crippen molar-refractivity contribution in [1.82, 2.24) is 9.97 Å². The minimum Gasteiger partial charge on any atom is -0.506 e. The second-order valence-corrected chi connectivity index (χ2v) is 4.85. The van der Waals surface area contributed by atoms with Crippen molar-refractivity contribution in [3.8, 4) is 0 Å². The van der Waals surface area contributed by atoms with Gasteiger partial charge in [-0.3, -0.25) is 4.79 Å². The molecule has 1 heterocycles. The summed E-state index contributed by atoms with van der Waals surface area (Å²) in [6.45, 7) is 3.70. The molecule has 5 heteroatoms. The van der Waals surface area contributed by atoms with E-state index in [9.17, 15) is 9.90 Å². The number of carbonyl (C=O) groups is 1. The average molecular weight is 279 g/mol.